The fourth-order valence-corrected chi connectivity index (χ4v) is 3.90. The molecule has 1 aromatic heterocycles. The summed E-state index contributed by atoms with van der Waals surface area (Å²) in [6.45, 7) is 2.71. The van der Waals surface area contributed by atoms with Crippen LogP contribution in [0.1, 0.15) is 12.1 Å². The lowest BCUT2D eigenvalue weighted by Crippen LogP contribution is -2.37. The minimum Gasteiger partial charge on any atom is -0.439 e. The van der Waals surface area contributed by atoms with Crippen LogP contribution in [0.4, 0.5) is 4.79 Å². The molecular weight excluding hydrogens is 330 g/mol. The van der Waals surface area contributed by atoms with Gasteiger partial charge >= 0.3 is 6.09 Å². The first-order valence-electron chi connectivity index (χ1n) is 7.93. The number of hydrogen-bond donors (Lipinski definition) is 1. The molecule has 0 bridgehead atoms. The second kappa shape index (κ2) is 5.50. The Bertz CT molecular complexity index is 881. The number of hydrogen-bond acceptors (Lipinski definition) is 4. The van der Waals surface area contributed by atoms with Crippen molar-refractivity contribution in [2.24, 2.45) is 0 Å². The molecule has 0 saturated carbocycles. The molecule has 1 aromatic carbocycles. The SMILES string of the molecule is CN1C[C@]2(CCN(Cc3cc(=O)c4cccc(Cl)c4[nH]3)C2)OC1=O. The topological polar surface area (TPSA) is 65.6 Å². The van der Waals surface area contributed by atoms with E-state index in [1.54, 1.807) is 36.2 Å². The van der Waals surface area contributed by atoms with Crippen molar-refractivity contribution >= 4 is 28.6 Å². The molecule has 7 heteroatoms. The van der Waals surface area contributed by atoms with Gasteiger partial charge in [0.15, 0.2) is 5.43 Å². The molecule has 24 heavy (non-hydrogen) atoms. The van der Waals surface area contributed by atoms with E-state index in [1.165, 1.54) is 0 Å². The molecule has 2 fully saturated rings. The summed E-state index contributed by atoms with van der Waals surface area (Å²) in [5.41, 5.74) is 1.03. The van der Waals surface area contributed by atoms with E-state index in [4.69, 9.17) is 16.3 Å². The number of carbonyl (C=O) groups excluding carboxylic acids is 1. The standard InChI is InChI=1S/C17H18ClN3O3/c1-20-9-17(24-16(20)23)5-6-21(10-17)8-11-7-14(22)12-3-2-4-13(18)15(12)19-11/h2-4,7H,5-6,8-10H2,1H3,(H,19,22)/t17-/m0/s1. The molecule has 3 heterocycles. The first kappa shape index (κ1) is 15.5. The molecule has 6 nitrogen and oxygen atoms in total. The lowest BCUT2D eigenvalue weighted by Gasteiger charge is -2.21. The monoisotopic (exact) mass is 347 g/mol. The van der Waals surface area contributed by atoms with Gasteiger partial charge in [-0.2, -0.15) is 0 Å². The van der Waals surface area contributed by atoms with Crippen molar-refractivity contribution in [2.75, 3.05) is 26.7 Å². The van der Waals surface area contributed by atoms with Crippen LogP contribution in [0.2, 0.25) is 5.02 Å². The summed E-state index contributed by atoms with van der Waals surface area (Å²) in [5.74, 6) is 0. The van der Waals surface area contributed by atoms with Gasteiger partial charge in [-0.25, -0.2) is 4.79 Å². The van der Waals surface area contributed by atoms with Gasteiger partial charge in [-0.1, -0.05) is 17.7 Å². The maximum Gasteiger partial charge on any atom is 0.410 e. The Morgan fingerprint density at radius 3 is 2.92 bits per heavy atom. The third kappa shape index (κ3) is 2.56. The molecule has 126 valence electrons. The fourth-order valence-electron chi connectivity index (χ4n) is 3.68. The van der Waals surface area contributed by atoms with E-state index in [0.717, 1.165) is 18.7 Å². The molecule has 1 amide bonds. The minimum atomic E-state index is -0.416. The highest BCUT2D eigenvalue weighted by atomic mass is 35.5. The number of pyridine rings is 1. The van der Waals surface area contributed by atoms with E-state index in [9.17, 15) is 9.59 Å². The van der Waals surface area contributed by atoms with Crippen LogP contribution in [0.3, 0.4) is 0 Å². The number of ether oxygens (including phenoxy) is 1. The highest BCUT2D eigenvalue weighted by Gasteiger charge is 2.48. The highest BCUT2D eigenvalue weighted by Crippen LogP contribution is 2.32. The Hall–Kier alpha value is -2.05. The summed E-state index contributed by atoms with van der Waals surface area (Å²) < 4.78 is 5.56. The number of fused-ring (bicyclic) bond motifs is 1. The van der Waals surface area contributed by atoms with E-state index >= 15 is 0 Å². The van der Waals surface area contributed by atoms with Gasteiger partial charge in [-0.15, -0.1) is 0 Å². The van der Waals surface area contributed by atoms with Gasteiger partial charge in [-0.3, -0.25) is 9.69 Å². The van der Waals surface area contributed by atoms with E-state index in [2.05, 4.69) is 9.88 Å². The molecule has 2 aliphatic heterocycles. The number of benzene rings is 1. The number of likely N-dealkylation sites (N-methyl/N-ethyl adjacent to an activating group) is 1. The molecule has 1 spiro atoms. The predicted molar refractivity (Wildman–Crippen MR) is 91.3 cm³/mol. The van der Waals surface area contributed by atoms with Gasteiger partial charge in [0.2, 0.25) is 0 Å². The second-order valence-corrected chi connectivity index (χ2v) is 7.10. The van der Waals surface area contributed by atoms with Gasteiger partial charge in [0.05, 0.1) is 17.1 Å². The van der Waals surface area contributed by atoms with Crippen LogP contribution in [0, 0.1) is 0 Å². The predicted octanol–water partition coefficient (Wildman–Crippen LogP) is 2.21. The molecule has 0 aliphatic carbocycles. The lowest BCUT2D eigenvalue weighted by molar-refractivity contribution is 0.0626. The second-order valence-electron chi connectivity index (χ2n) is 6.69. The fraction of sp³-hybridized carbons (Fsp3) is 0.412. The summed E-state index contributed by atoms with van der Waals surface area (Å²) in [5, 5.41) is 1.13. The Balaban J connectivity index is 1.57. The van der Waals surface area contributed by atoms with Crippen LogP contribution in [0.15, 0.2) is 29.1 Å². The Morgan fingerprint density at radius 1 is 1.33 bits per heavy atom. The number of H-pyrrole nitrogens is 1. The summed E-state index contributed by atoms with van der Waals surface area (Å²) >= 11 is 6.20. The number of likely N-dealkylation sites (tertiary alicyclic amines) is 1. The molecule has 2 aromatic rings. The van der Waals surface area contributed by atoms with Gasteiger partial charge in [0, 0.05) is 50.2 Å². The molecule has 2 aliphatic rings. The number of aromatic amines is 1. The van der Waals surface area contributed by atoms with E-state index in [0.29, 0.717) is 35.6 Å². The van der Waals surface area contributed by atoms with E-state index in [1.807, 2.05) is 0 Å². The van der Waals surface area contributed by atoms with Crippen LogP contribution in [0.5, 0.6) is 0 Å². The van der Waals surface area contributed by atoms with Gasteiger partial charge in [0.25, 0.3) is 0 Å². The highest BCUT2D eigenvalue weighted by molar-refractivity contribution is 6.35. The molecule has 4 rings (SSSR count). The molecular formula is C17H18ClN3O3. The first-order valence-corrected chi connectivity index (χ1v) is 8.30. The van der Waals surface area contributed by atoms with Crippen LogP contribution < -0.4 is 5.43 Å². The first-order chi connectivity index (χ1) is 11.5. The number of para-hydroxylation sites is 1. The largest absolute Gasteiger partial charge is 0.439 e. The van der Waals surface area contributed by atoms with Crippen molar-refractivity contribution in [3.8, 4) is 0 Å². The smallest absolute Gasteiger partial charge is 0.410 e. The number of nitrogens with zero attached hydrogens (tertiary/aromatic N) is 2. The normalized spacial score (nSPS) is 24.2. The third-order valence-corrected chi connectivity index (χ3v) is 5.12. The van der Waals surface area contributed by atoms with Gasteiger partial charge < -0.3 is 14.6 Å². The van der Waals surface area contributed by atoms with Crippen LogP contribution in [0.25, 0.3) is 10.9 Å². The van der Waals surface area contributed by atoms with Crippen molar-refractivity contribution in [1.82, 2.24) is 14.8 Å². The van der Waals surface area contributed by atoms with Crippen molar-refractivity contribution < 1.29 is 9.53 Å². The zero-order valence-corrected chi connectivity index (χ0v) is 14.1. The number of rotatable bonds is 2. The van der Waals surface area contributed by atoms with Crippen LogP contribution >= 0.6 is 11.6 Å². The Labute approximate surface area is 144 Å². The molecule has 0 unspecified atom stereocenters. The number of aromatic nitrogens is 1. The number of nitrogens with one attached hydrogen (secondary N) is 1. The average molecular weight is 348 g/mol. The maximum atomic E-state index is 12.3. The van der Waals surface area contributed by atoms with Crippen molar-refractivity contribution in [3.63, 3.8) is 0 Å². The average Bonchev–Trinajstić information content (AvgIpc) is 3.03. The number of halogens is 1. The summed E-state index contributed by atoms with van der Waals surface area (Å²) in [4.78, 5) is 31.0. The number of carbonyl (C=O) groups is 1. The molecule has 0 radical (unpaired) electrons. The zero-order chi connectivity index (χ0) is 16.9. The maximum absolute atomic E-state index is 12.3. The van der Waals surface area contributed by atoms with Crippen LogP contribution in [-0.2, 0) is 11.3 Å². The van der Waals surface area contributed by atoms with E-state index in [-0.39, 0.29) is 11.5 Å². The molecule has 1 N–H and O–H groups in total. The molecule has 2 saturated heterocycles. The lowest BCUT2D eigenvalue weighted by atomic mass is 10.0. The third-order valence-electron chi connectivity index (χ3n) is 4.80. The Kier molecular flexibility index (Phi) is 3.54. The summed E-state index contributed by atoms with van der Waals surface area (Å²) in [6.07, 6.45) is 0.546. The zero-order valence-electron chi connectivity index (χ0n) is 13.3. The molecule has 1 atom stereocenters. The van der Waals surface area contributed by atoms with Crippen LogP contribution in [-0.4, -0.2) is 53.2 Å². The van der Waals surface area contributed by atoms with E-state index < -0.39 is 5.60 Å². The summed E-state index contributed by atoms with van der Waals surface area (Å²) in [6, 6.07) is 6.93. The van der Waals surface area contributed by atoms with Crippen molar-refractivity contribution in [1.29, 1.82) is 0 Å². The van der Waals surface area contributed by atoms with Crippen molar-refractivity contribution in [2.45, 2.75) is 18.6 Å². The Morgan fingerprint density at radius 2 is 2.17 bits per heavy atom. The minimum absolute atomic E-state index is 0.0396. The van der Waals surface area contributed by atoms with Gasteiger partial charge in [0.1, 0.15) is 5.60 Å². The van der Waals surface area contributed by atoms with Crippen molar-refractivity contribution in [3.05, 3.63) is 45.2 Å². The quantitative estimate of drug-likeness (QED) is 0.904. The van der Waals surface area contributed by atoms with Gasteiger partial charge in [-0.05, 0) is 12.1 Å². The summed E-state index contributed by atoms with van der Waals surface area (Å²) in [7, 11) is 1.75. The number of amides is 1.